The van der Waals surface area contributed by atoms with Crippen molar-refractivity contribution in [2.75, 3.05) is 13.7 Å². The molecule has 6 nitrogen and oxygen atoms in total. The molecule has 0 radical (unpaired) electrons. The highest BCUT2D eigenvalue weighted by atomic mass is 16.5. The van der Waals surface area contributed by atoms with E-state index in [2.05, 4.69) is 0 Å². The van der Waals surface area contributed by atoms with E-state index in [1.54, 1.807) is 13.2 Å². The molecule has 0 amide bonds. The molecule has 2 aromatic carbocycles. The Hall–Kier alpha value is -3.15. The number of rotatable bonds is 2. The van der Waals surface area contributed by atoms with Gasteiger partial charge in [-0.1, -0.05) is 6.07 Å². The quantitative estimate of drug-likeness (QED) is 0.842. The number of fused-ring (bicyclic) bond motifs is 2. The first-order chi connectivity index (χ1) is 12.8. The van der Waals surface area contributed by atoms with Gasteiger partial charge in [-0.05, 0) is 32.1 Å². The first kappa shape index (κ1) is 17.3. The van der Waals surface area contributed by atoms with Gasteiger partial charge in [0.05, 0.1) is 18.6 Å². The maximum absolute atomic E-state index is 13.1. The molecule has 2 N–H and O–H groups in total. The van der Waals surface area contributed by atoms with Gasteiger partial charge < -0.3 is 24.4 Å². The third kappa shape index (κ3) is 2.77. The van der Waals surface area contributed by atoms with E-state index in [-0.39, 0.29) is 35.2 Å². The van der Waals surface area contributed by atoms with Crippen LogP contribution < -0.4 is 14.2 Å². The smallest absolute Gasteiger partial charge is 0.181 e. The van der Waals surface area contributed by atoms with E-state index in [1.807, 2.05) is 32.1 Å². The molecule has 4 rings (SSSR count). The van der Waals surface area contributed by atoms with Crippen LogP contribution in [0.3, 0.4) is 0 Å². The van der Waals surface area contributed by atoms with Crippen LogP contribution in [0, 0.1) is 0 Å². The first-order valence-corrected chi connectivity index (χ1v) is 8.63. The van der Waals surface area contributed by atoms with E-state index in [0.717, 1.165) is 11.6 Å². The van der Waals surface area contributed by atoms with Crippen LogP contribution in [-0.4, -0.2) is 35.3 Å². The van der Waals surface area contributed by atoms with Gasteiger partial charge in [-0.15, -0.1) is 0 Å². The lowest BCUT2D eigenvalue weighted by molar-refractivity contribution is 0.0889. The Kier molecular flexibility index (Phi) is 3.80. The standard InChI is InChI=1S/C21H20O6/c1-21(2)7-6-13-16(27-21)5-4-12(20(13)25-3)14-10-26-17-9-11(22)8-15(23)18(17)19(14)24/h4-9,14,22-23H,10H2,1-3H3. The van der Waals surface area contributed by atoms with Crippen molar-refractivity contribution in [2.24, 2.45) is 0 Å². The number of phenolic OH excluding ortho intramolecular Hbond substituents is 2. The molecule has 140 valence electrons. The Morgan fingerprint density at radius 3 is 2.70 bits per heavy atom. The van der Waals surface area contributed by atoms with Crippen LogP contribution in [0.4, 0.5) is 0 Å². The summed E-state index contributed by atoms with van der Waals surface area (Å²) in [6, 6.07) is 6.07. The summed E-state index contributed by atoms with van der Waals surface area (Å²) in [5.41, 5.74) is 1.07. The molecule has 0 saturated carbocycles. The number of methoxy groups -OCH3 is 1. The van der Waals surface area contributed by atoms with Gasteiger partial charge in [0.15, 0.2) is 5.78 Å². The molecule has 0 bridgehead atoms. The Labute approximate surface area is 156 Å². The number of aromatic hydroxyl groups is 2. The van der Waals surface area contributed by atoms with Gasteiger partial charge in [-0.25, -0.2) is 0 Å². The summed E-state index contributed by atoms with van der Waals surface area (Å²) < 4.78 is 17.2. The van der Waals surface area contributed by atoms with Crippen molar-refractivity contribution < 1.29 is 29.2 Å². The minimum Gasteiger partial charge on any atom is -0.508 e. The zero-order chi connectivity index (χ0) is 19.3. The van der Waals surface area contributed by atoms with E-state index in [9.17, 15) is 15.0 Å². The number of hydrogen-bond acceptors (Lipinski definition) is 6. The number of phenols is 2. The van der Waals surface area contributed by atoms with Gasteiger partial charge in [0.25, 0.3) is 0 Å². The average molecular weight is 368 g/mol. The van der Waals surface area contributed by atoms with E-state index in [4.69, 9.17) is 14.2 Å². The molecule has 0 fully saturated rings. The zero-order valence-corrected chi connectivity index (χ0v) is 15.3. The molecule has 1 unspecified atom stereocenters. The van der Waals surface area contributed by atoms with Gasteiger partial charge in [0, 0.05) is 17.7 Å². The summed E-state index contributed by atoms with van der Waals surface area (Å²) in [6.07, 6.45) is 3.86. The highest BCUT2D eigenvalue weighted by molar-refractivity contribution is 6.07. The molecular weight excluding hydrogens is 348 g/mol. The van der Waals surface area contributed by atoms with E-state index >= 15 is 0 Å². The number of benzene rings is 2. The monoisotopic (exact) mass is 368 g/mol. The molecule has 27 heavy (non-hydrogen) atoms. The van der Waals surface area contributed by atoms with Crippen molar-refractivity contribution in [2.45, 2.75) is 25.4 Å². The molecule has 0 spiro atoms. The number of ketones is 1. The van der Waals surface area contributed by atoms with Gasteiger partial charge in [-0.2, -0.15) is 0 Å². The highest BCUT2D eigenvalue weighted by Gasteiger charge is 2.36. The maximum Gasteiger partial charge on any atom is 0.181 e. The summed E-state index contributed by atoms with van der Waals surface area (Å²) in [4.78, 5) is 13.1. The number of carbonyl (C=O) groups is 1. The molecule has 1 atom stereocenters. The van der Waals surface area contributed by atoms with Crippen LogP contribution in [-0.2, 0) is 0 Å². The summed E-state index contributed by atoms with van der Waals surface area (Å²) in [5, 5.41) is 19.7. The van der Waals surface area contributed by atoms with Crippen molar-refractivity contribution >= 4 is 11.9 Å². The second kappa shape index (κ2) is 5.94. The zero-order valence-electron chi connectivity index (χ0n) is 15.3. The average Bonchev–Trinajstić information content (AvgIpc) is 2.59. The minimum absolute atomic E-state index is 0.0664. The second-order valence-electron chi connectivity index (χ2n) is 7.20. The lowest BCUT2D eigenvalue weighted by atomic mass is 9.86. The third-order valence-corrected chi connectivity index (χ3v) is 4.82. The predicted octanol–water partition coefficient (Wildman–Crippen LogP) is 3.65. The topological polar surface area (TPSA) is 85.2 Å². The molecule has 2 aromatic rings. The summed E-state index contributed by atoms with van der Waals surface area (Å²) >= 11 is 0. The lowest BCUT2D eigenvalue weighted by Gasteiger charge is -2.31. The highest BCUT2D eigenvalue weighted by Crippen LogP contribution is 2.45. The Morgan fingerprint density at radius 2 is 1.96 bits per heavy atom. The van der Waals surface area contributed by atoms with Crippen LogP contribution >= 0.6 is 0 Å². The third-order valence-electron chi connectivity index (χ3n) is 4.82. The number of hydrogen-bond donors (Lipinski definition) is 2. The van der Waals surface area contributed by atoms with Gasteiger partial charge in [0.2, 0.25) is 0 Å². The molecule has 6 heteroatoms. The number of carbonyl (C=O) groups excluding carboxylic acids is 1. The van der Waals surface area contributed by atoms with E-state index < -0.39 is 11.5 Å². The fourth-order valence-electron chi connectivity index (χ4n) is 3.55. The molecule has 2 heterocycles. The van der Waals surface area contributed by atoms with Gasteiger partial charge in [0.1, 0.15) is 46.5 Å². The molecule has 0 aliphatic carbocycles. The van der Waals surface area contributed by atoms with Crippen LogP contribution in [0.1, 0.15) is 41.3 Å². The largest absolute Gasteiger partial charge is 0.508 e. The Balaban J connectivity index is 1.80. The van der Waals surface area contributed by atoms with Crippen molar-refractivity contribution in [3.63, 3.8) is 0 Å². The maximum atomic E-state index is 13.1. The Morgan fingerprint density at radius 1 is 1.19 bits per heavy atom. The van der Waals surface area contributed by atoms with Crippen LogP contribution in [0.25, 0.3) is 6.08 Å². The van der Waals surface area contributed by atoms with E-state index in [0.29, 0.717) is 17.1 Å². The summed E-state index contributed by atoms with van der Waals surface area (Å²) in [6.45, 7) is 4.00. The second-order valence-corrected chi connectivity index (χ2v) is 7.20. The predicted molar refractivity (Wildman–Crippen MR) is 99.1 cm³/mol. The molecule has 0 saturated heterocycles. The van der Waals surface area contributed by atoms with Crippen molar-refractivity contribution in [3.05, 3.63) is 47.0 Å². The molecule has 2 aliphatic rings. The van der Waals surface area contributed by atoms with E-state index in [1.165, 1.54) is 6.07 Å². The fourth-order valence-corrected chi connectivity index (χ4v) is 3.55. The SMILES string of the molecule is COc1c(C2COc3cc(O)cc(O)c3C2=O)ccc2c1C=CC(C)(C)O2. The van der Waals surface area contributed by atoms with Crippen LogP contribution in [0.15, 0.2) is 30.3 Å². The Bertz CT molecular complexity index is 973. The summed E-state index contributed by atoms with van der Waals surface area (Å²) in [7, 11) is 1.55. The molecule has 2 aliphatic heterocycles. The molecule has 0 aromatic heterocycles. The van der Waals surface area contributed by atoms with Crippen LogP contribution in [0.5, 0.6) is 28.7 Å². The first-order valence-electron chi connectivity index (χ1n) is 8.63. The van der Waals surface area contributed by atoms with Gasteiger partial charge in [-0.3, -0.25) is 4.79 Å². The summed E-state index contributed by atoms with van der Waals surface area (Å²) in [5.74, 6) is 0.0129. The van der Waals surface area contributed by atoms with Crippen molar-refractivity contribution in [3.8, 4) is 28.7 Å². The lowest BCUT2D eigenvalue weighted by Crippen LogP contribution is -2.29. The van der Waals surface area contributed by atoms with Crippen molar-refractivity contribution in [1.29, 1.82) is 0 Å². The molecular formula is C21H20O6. The number of Topliss-reactive ketones (excluding diaryl/α,β-unsaturated/α-hetero) is 1. The van der Waals surface area contributed by atoms with Crippen LogP contribution in [0.2, 0.25) is 0 Å². The fraction of sp³-hybridized carbons (Fsp3) is 0.286. The minimum atomic E-state index is -0.642. The van der Waals surface area contributed by atoms with Gasteiger partial charge >= 0.3 is 0 Å². The number of ether oxygens (including phenoxy) is 3. The van der Waals surface area contributed by atoms with Crippen molar-refractivity contribution in [1.82, 2.24) is 0 Å². The normalized spacial score (nSPS) is 19.5.